The quantitative estimate of drug-likeness (QED) is 0.199. The van der Waals surface area contributed by atoms with Crippen LogP contribution in [0, 0.1) is 0 Å². The maximum absolute atomic E-state index is 6.12. The van der Waals surface area contributed by atoms with Crippen molar-refractivity contribution in [1.82, 2.24) is 20.5 Å². The molecule has 1 aromatic heterocycles. The molecule has 0 radical (unpaired) electrons. The third-order valence-electron chi connectivity index (χ3n) is 5.66. The molecule has 0 atom stereocenters. The number of aliphatic imine (C=N–C) groups is 1. The van der Waals surface area contributed by atoms with Crippen LogP contribution in [0.3, 0.4) is 0 Å². The number of aromatic nitrogens is 1. The number of rotatable bonds is 10. The summed E-state index contributed by atoms with van der Waals surface area (Å²) in [7, 11) is 5.78. The summed E-state index contributed by atoms with van der Waals surface area (Å²) >= 11 is 0. The van der Waals surface area contributed by atoms with Crippen LogP contribution in [0.4, 0.5) is 5.82 Å². The number of pyridine rings is 1. The predicted octanol–water partition coefficient (Wildman–Crippen LogP) is 3.50. The molecule has 2 N–H and O–H groups in total. The Kier molecular flexibility index (Phi) is 12.5. The van der Waals surface area contributed by atoms with E-state index < -0.39 is 0 Å². The van der Waals surface area contributed by atoms with E-state index >= 15 is 0 Å². The van der Waals surface area contributed by atoms with E-state index in [0.29, 0.717) is 12.6 Å². The van der Waals surface area contributed by atoms with Crippen LogP contribution in [-0.2, 0) is 17.8 Å². The summed E-state index contributed by atoms with van der Waals surface area (Å²) in [5, 5.41) is 6.69. The normalized spacial score (nSPS) is 15.1. The van der Waals surface area contributed by atoms with Gasteiger partial charge in [0.05, 0.1) is 18.3 Å². The number of likely N-dealkylation sites (tertiary alicyclic amines) is 1. The average Bonchev–Trinajstić information content (AvgIpc) is 2.82. The maximum Gasteiger partial charge on any atom is 0.191 e. The number of nitrogens with one attached hydrogen (secondary N) is 2. The van der Waals surface area contributed by atoms with E-state index in [1.54, 1.807) is 7.05 Å². The van der Waals surface area contributed by atoms with E-state index in [1.807, 2.05) is 37.2 Å². The molecule has 7 nitrogen and oxygen atoms in total. The van der Waals surface area contributed by atoms with Gasteiger partial charge in [0.1, 0.15) is 5.82 Å². The molecule has 1 aliphatic heterocycles. The minimum Gasteiger partial charge on any atom is -0.378 e. The number of halogens is 1. The van der Waals surface area contributed by atoms with Gasteiger partial charge in [-0.15, -0.1) is 24.0 Å². The molecule has 2 heterocycles. The molecule has 1 saturated heterocycles. The lowest BCUT2D eigenvalue weighted by Crippen LogP contribution is -2.38. The third kappa shape index (κ3) is 9.85. The highest BCUT2D eigenvalue weighted by Gasteiger charge is 2.19. The van der Waals surface area contributed by atoms with Gasteiger partial charge in [0.15, 0.2) is 5.96 Å². The Morgan fingerprint density at radius 1 is 1.09 bits per heavy atom. The summed E-state index contributed by atoms with van der Waals surface area (Å²) in [5.74, 6) is 1.74. The molecule has 0 spiro atoms. The Hall–Kier alpha value is -1.91. The molecule has 182 valence electrons. The van der Waals surface area contributed by atoms with Gasteiger partial charge in [-0.05, 0) is 37.0 Å². The molecular weight excluding hydrogens is 527 g/mol. The summed E-state index contributed by atoms with van der Waals surface area (Å²) < 4.78 is 6.12. The SMILES string of the molecule is CN=C(NCCCOC1CCN(Cc2ccccc2)CC1)NCc1cccc(N(C)C)n1.I. The second-order valence-corrected chi connectivity index (χ2v) is 8.42. The minimum atomic E-state index is 0. The van der Waals surface area contributed by atoms with Crippen molar-refractivity contribution in [3.05, 3.63) is 59.8 Å². The molecule has 1 aliphatic rings. The van der Waals surface area contributed by atoms with E-state index in [4.69, 9.17) is 4.74 Å². The highest BCUT2D eigenvalue weighted by atomic mass is 127. The van der Waals surface area contributed by atoms with Crippen LogP contribution in [0.5, 0.6) is 0 Å². The number of guanidine groups is 1. The largest absolute Gasteiger partial charge is 0.378 e. The molecule has 1 fully saturated rings. The van der Waals surface area contributed by atoms with Gasteiger partial charge in [-0.1, -0.05) is 36.4 Å². The van der Waals surface area contributed by atoms with Crippen LogP contribution in [0.15, 0.2) is 53.5 Å². The molecule has 1 aromatic carbocycles. The number of benzene rings is 1. The third-order valence-corrected chi connectivity index (χ3v) is 5.66. The Morgan fingerprint density at radius 2 is 1.85 bits per heavy atom. The first-order valence-electron chi connectivity index (χ1n) is 11.6. The summed E-state index contributed by atoms with van der Waals surface area (Å²) in [4.78, 5) is 13.5. The van der Waals surface area contributed by atoms with Gasteiger partial charge in [0.2, 0.25) is 0 Å². The first-order chi connectivity index (χ1) is 15.6. The fourth-order valence-corrected chi connectivity index (χ4v) is 3.81. The van der Waals surface area contributed by atoms with Crippen molar-refractivity contribution in [1.29, 1.82) is 0 Å². The smallest absolute Gasteiger partial charge is 0.191 e. The Labute approximate surface area is 216 Å². The minimum absolute atomic E-state index is 0. The lowest BCUT2D eigenvalue weighted by atomic mass is 10.1. The predicted molar refractivity (Wildman–Crippen MR) is 147 cm³/mol. The molecule has 8 heteroatoms. The highest BCUT2D eigenvalue weighted by Crippen LogP contribution is 2.16. The monoisotopic (exact) mass is 566 g/mol. The van der Waals surface area contributed by atoms with E-state index in [1.165, 1.54) is 5.56 Å². The van der Waals surface area contributed by atoms with Crippen molar-refractivity contribution >= 4 is 35.8 Å². The second-order valence-electron chi connectivity index (χ2n) is 8.42. The highest BCUT2D eigenvalue weighted by molar-refractivity contribution is 14.0. The average molecular weight is 567 g/mol. The summed E-state index contributed by atoms with van der Waals surface area (Å²) in [5.41, 5.74) is 2.38. The van der Waals surface area contributed by atoms with Crippen molar-refractivity contribution in [3.8, 4) is 0 Å². The zero-order valence-electron chi connectivity index (χ0n) is 20.2. The van der Waals surface area contributed by atoms with Crippen LogP contribution in [0.1, 0.15) is 30.5 Å². The second kappa shape index (κ2) is 15.1. The zero-order valence-corrected chi connectivity index (χ0v) is 22.5. The van der Waals surface area contributed by atoms with Crippen LogP contribution < -0.4 is 15.5 Å². The van der Waals surface area contributed by atoms with Crippen LogP contribution >= 0.6 is 24.0 Å². The number of ether oxygens (including phenoxy) is 1. The first kappa shape index (κ1) is 27.3. The lowest BCUT2D eigenvalue weighted by Gasteiger charge is -2.32. The van der Waals surface area contributed by atoms with Crippen molar-refractivity contribution in [3.63, 3.8) is 0 Å². The topological polar surface area (TPSA) is 65.0 Å². The van der Waals surface area contributed by atoms with Gasteiger partial charge < -0.3 is 20.3 Å². The summed E-state index contributed by atoms with van der Waals surface area (Å²) in [6, 6.07) is 16.8. The zero-order chi connectivity index (χ0) is 22.6. The Balaban J connectivity index is 0.00000385. The van der Waals surface area contributed by atoms with Gasteiger partial charge in [-0.2, -0.15) is 0 Å². The molecule has 0 unspecified atom stereocenters. The Morgan fingerprint density at radius 3 is 2.55 bits per heavy atom. The van der Waals surface area contributed by atoms with Gasteiger partial charge in [-0.3, -0.25) is 9.89 Å². The standard InChI is InChI=1S/C25H38N6O.HI/c1-26-25(28-19-22-11-7-12-24(29-22)30(2)3)27-15-8-18-32-23-13-16-31(17-14-23)20-21-9-5-4-6-10-21;/h4-7,9-12,23H,8,13-20H2,1-3H3,(H2,26,27,28);1H. The molecule has 0 bridgehead atoms. The molecule has 3 rings (SSSR count). The molecule has 33 heavy (non-hydrogen) atoms. The van der Waals surface area contributed by atoms with Gasteiger partial charge in [0, 0.05) is 53.9 Å². The van der Waals surface area contributed by atoms with Gasteiger partial charge in [-0.25, -0.2) is 4.98 Å². The fraction of sp³-hybridized carbons (Fsp3) is 0.520. The first-order valence-corrected chi connectivity index (χ1v) is 11.6. The van der Waals surface area contributed by atoms with Crippen molar-refractivity contribution in [2.45, 2.75) is 38.5 Å². The van der Waals surface area contributed by atoms with Crippen LogP contribution in [0.2, 0.25) is 0 Å². The number of hydrogen-bond donors (Lipinski definition) is 2. The summed E-state index contributed by atoms with van der Waals surface area (Å²) in [6.45, 7) is 5.50. The number of anilines is 1. The molecule has 0 aliphatic carbocycles. The van der Waals surface area contributed by atoms with E-state index in [9.17, 15) is 0 Å². The molecular formula is C25H39IN6O. The summed E-state index contributed by atoms with van der Waals surface area (Å²) in [6.07, 6.45) is 3.57. The van der Waals surface area contributed by atoms with Gasteiger partial charge in [0.25, 0.3) is 0 Å². The number of hydrogen-bond acceptors (Lipinski definition) is 5. The molecule has 0 saturated carbocycles. The van der Waals surface area contributed by atoms with Crippen LogP contribution in [0.25, 0.3) is 0 Å². The van der Waals surface area contributed by atoms with Crippen molar-refractivity contribution in [2.24, 2.45) is 4.99 Å². The van der Waals surface area contributed by atoms with E-state index in [-0.39, 0.29) is 24.0 Å². The molecule has 2 aromatic rings. The van der Waals surface area contributed by atoms with Gasteiger partial charge >= 0.3 is 0 Å². The lowest BCUT2D eigenvalue weighted by molar-refractivity contribution is 0.00534. The molecule has 0 amide bonds. The number of piperidine rings is 1. The van der Waals surface area contributed by atoms with Crippen LogP contribution in [-0.4, -0.2) is 69.3 Å². The van der Waals surface area contributed by atoms with Crippen molar-refractivity contribution in [2.75, 3.05) is 52.3 Å². The number of nitrogens with zero attached hydrogens (tertiary/aromatic N) is 4. The van der Waals surface area contributed by atoms with E-state index in [0.717, 1.165) is 69.5 Å². The Bertz CT molecular complexity index is 825. The van der Waals surface area contributed by atoms with Crippen molar-refractivity contribution < 1.29 is 4.74 Å². The maximum atomic E-state index is 6.12. The fourth-order valence-electron chi connectivity index (χ4n) is 3.81. The van der Waals surface area contributed by atoms with E-state index in [2.05, 4.69) is 55.8 Å².